The first-order valence-electron chi connectivity index (χ1n) is 7.08. The number of nitrogens with one attached hydrogen (secondary N) is 1. The molecule has 6 heteroatoms. The van der Waals surface area contributed by atoms with Crippen molar-refractivity contribution in [2.45, 2.75) is 32.0 Å². The molecule has 0 aliphatic carbocycles. The molecule has 19 heavy (non-hydrogen) atoms. The van der Waals surface area contributed by atoms with Crippen molar-refractivity contribution in [1.82, 2.24) is 29.9 Å². The molecule has 1 N–H and O–H groups in total. The summed E-state index contributed by atoms with van der Waals surface area (Å²) in [5, 5.41) is 7.72. The fourth-order valence-corrected chi connectivity index (χ4v) is 2.82. The van der Waals surface area contributed by atoms with Crippen molar-refractivity contribution in [3.63, 3.8) is 0 Å². The van der Waals surface area contributed by atoms with E-state index in [-0.39, 0.29) is 0 Å². The Labute approximate surface area is 115 Å². The molecule has 1 aromatic rings. The average molecular weight is 266 g/mol. The smallest absolute Gasteiger partial charge is 0.138 e. The van der Waals surface area contributed by atoms with Crippen LogP contribution in [-0.4, -0.2) is 77.4 Å². The minimum absolute atomic E-state index is 0.405. The van der Waals surface area contributed by atoms with Crippen LogP contribution in [0, 0.1) is 0 Å². The highest BCUT2D eigenvalue weighted by Crippen LogP contribution is 2.13. The lowest BCUT2D eigenvalue weighted by Gasteiger charge is -2.41. The van der Waals surface area contributed by atoms with E-state index in [0.717, 1.165) is 38.4 Å². The summed E-state index contributed by atoms with van der Waals surface area (Å²) in [4.78, 5) is 9.25. The summed E-state index contributed by atoms with van der Waals surface area (Å²) in [6.07, 6.45) is 2.58. The molecular weight excluding hydrogens is 240 g/mol. The van der Waals surface area contributed by atoms with Gasteiger partial charge in [0.25, 0.3) is 0 Å². The van der Waals surface area contributed by atoms with Gasteiger partial charge in [0.05, 0.1) is 0 Å². The molecule has 0 amide bonds. The molecule has 0 radical (unpaired) electrons. The van der Waals surface area contributed by atoms with Crippen LogP contribution in [-0.2, 0) is 13.0 Å². The Bertz CT molecular complexity index is 390. The number of piperazine rings is 1. The lowest BCUT2D eigenvalue weighted by Crippen LogP contribution is -2.58. The summed E-state index contributed by atoms with van der Waals surface area (Å²) in [5.74, 6) is 1.07. The number of hydrogen-bond donors (Lipinski definition) is 1. The van der Waals surface area contributed by atoms with Crippen molar-refractivity contribution in [3.8, 4) is 0 Å². The number of nitrogens with zero attached hydrogens (tertiary/aromatic N) is 5. The summed E-state index contributed by atoms with van der Waals surface area (Å²) in [7, 11) is 6.45. The maximum atomic E-state index is 4.39. The van der Waals surface area contributed by atoms with Crippen LogP contribution >= 0.6 is 0 Å². The fourth-order valence-electron chi connectivity index (χ4n) is 2.82. The second kappa shape index (κ2) is 6.45. The van der Waals surface area contributed by atoms with Crippen molar-refractivity contribution in [1.29, 1.82) is 0 Å². The van der Waals surface area contributed by atoms with Crippen LogP contribution in [0.3, 0.4) is 0 Å². The van der Waals surface area contributed by atoms with Crippen LogP contribution in [0.5, 0.6) is 0 Å². The molecule has 6 nitrogen and oxygen atoms in total. The van der Waals surface area contributed by atoms with Gasteiger partial charge >= 0.3 is 0 Å². The SMILES string of the molecule is CCn1ncnc1CC(NC)C1CN(C)CCN1C. The van der Waals surface area contributed by atoms with E-state index >= 15 is 0 Å². The monoisotopic (exact) mass is 266 g/mol. The van der Waals surface area contributed by atoms with Gasteiger partial charge in [0.2, 0.25) is 0 Å². The number of aryl methyl sites for hydroxylation is 1. The van der Waals surface area contributed by atoms with Crippen LogP contribution in [0.4, 0.5) is 0 Å². The summed E-state index contributed by atoms with van der Waals surface area (Å²) >= 11 is 0. The van der Waals surface area contributed by atoms with Crippen LogP contribution < -0.4 is 5.32 Å². The highest BCUT2D eigenvalue weighted by atomic mass is 15.3. The molecule has 2 heterocycles. The summed E-state index contributed by atoms with van der Waals surface area (Å²) < 4.78 is 1.98. The highest BCUT2D eigenvalue weighted by molar-refractivity contribution is 4.96. The van der Waals surface area contributed by atoms with Gasteiger partial charge in [-0.15, -0.1) is 0 Å². The molecule has 0 spiro atoms. The predicted molar refractivity (Wildman–Crippen MR) is 76.2 cm³/mol. The lowest BCUT2D eigenvalue weighted by molar-refractivity contribution is 0.0889. The van der Waals surface area contributed by atoms with E-state index in [4.69, 9.17) is 0 Å². The van der Waals surface area contributed by atoms with Gasteiger partial charge < -0.3 is 10.2 Å². The maximum absolute atomic E-state index is 4.39. The second-order valence-electron chi connectivity index (χ2n) is 5.40. The number of aromatic nitrogens is 3. The van der Waals surface area contributed by atoms with Gasteiger partial charge in [-0.2, -0.15) is 5.10 Å². The standard InChI is InChI=1S/C13H26N6/c1-5-19-13(15-10-16-19)8-11(14-2)12-9-17(3)6-7-18(12)4/h10-12,14H,5-9H2,1-4H3. The molecule has 2 unspecified atom stereocenters. The largest absolute Gasteiger partial charge is 0.315 e. The third kappa shape index (κ3) is 3.32. The van der Waals surface area contributed by atoms with Gasteiger partial charge in [-0.1, -0.05) is 0 Å². The summed E-state index contributed by atoms with van der Waals surface area (Å²) in [6, 6.07) is 0.924. The van der Waals surface area contributed by atoms with Gasteiger partial charge in [-0.25, -0.2) is 4.98 Å². The molecule has 1 aliphatic rings. The fraction of sp³-hybridized carbons (Fsp3) is 0.846. The zero-order valence-corrected chi connectivity index (χ0v) is 12.5. The third-order valence-electron chi connectivity index (χ3n) is 4.13. The molecule has 0 bridgehead atoms. The molecular formula is C13H26N6. The molecule has 2 atom stereocenters. The number of hydrogen-bond acceptors (Lipinski definition) is 5. The van der Waals surface area contributed by atoms with Crippen molar-refractivity contribution >= 4 is 0 Å². The van der Waals surface area contributed by atoms with E-state index in [1.807, 2.05) is 11.7 Å². The van der Waals surface area contributed by atoms with E-state index in [2.05, 4.69) is 46.2 Å². The number of likely N-dealkylation sites (N-methyl/N-ethyl adjacent to an activating group) is 3. The van der Waals surface area contributed by atoms with Gasteiger partial charge in [0.1, 0.15) is 12.2 Å². The zero-order chi connectivity index (χ0) is 13.8. The molecule has 1 saturated heterocycles. The van der Waals surface area contributed by atoms with Crippen LogP contribution in [0.15, 0.2) is 6.33 Å². The van der Waals surface area contributed by atoms with E-state index in [1.165, 1.54) is 0 Å². The average Bonchev–Trinajstić information content (AvgIpc) is 2.86. The maximum Gasteiger partial charge on any atom is 0.138 e. The minimum atomic E-state index is 0.405. The van der Waals surface area contributed by atoms with Crippen molar-refractivity contribution in [3.05, 3.63) is 12.2 Å². The van der Waals surface area contributed by atoms with Crippen molar-refractivity contribution in [2.75, 3.05) is 40.8 Å². The van der Waals surface area contributed by atoms with Gasteiger partial charge in [-0.3, -0.25) is 9.58 Å². The Kier molecular flexibility index (Phi) is 4.90. The summed E-state index contributed by atoms with van der Waals surface area (Å²) in [5.41, 5.74) is 0. The molecule has 2 rings (SSSR count). The van der Waals surface area contributed by atoms with E-state index in [0.29, 0.717) is 12.1 Å². The highest BCUT2D eigenvalue weighted by Gasteiger charge is 2.29. The molecule has 0 saturated carbocycles. The van der Waals surface area contributed by atoms with E-state index in [1.54, 1.807) is 6.33 Å². The molecule has 1 fully saturated rings. The molecule has 108 valence electrons. The van der Waals surface area contributed by atoms with E-state index < -0.39 is 0 Å². The lowest BCUT2D eigenvalue weighted by atomic mass is 10.0. The van der Waals surface area contributed by atoms with Gasteiger partial charge in [0.15, 0.2) is 0 Å². The van der Waals surface area contributed by atoms with Crippen LogP contribution in [0.2, 0.25) is 0 Å². The first-order valence-corrected chi connectivity index (χ1v) is 7.08. The molecule has 1 aromatic heterocycles. The predicted octanol–water partition coefficient (Wildman–Crippen LogP) is -0.326. The second-order valence-corrected chi connectivity index (χ2v) is 5.40. The van der Waals surface area contributed by atoms with E-state index in [9.17, 15) is 0 Å². The van der Waals surface area contributed by atoms with Crippen molar-refractivity contribution in [2.24, 2.45) is 0 Å². The number of rotatable bonds is 5. The summed E-state index contributed by atoms with van der Waals surface area (Å²) in [6.45, 7) is 6.36. The molecule has 0 aromatic carbocycles. The Morgan fingerprint density at radius 1 is 1.42 bits per heavy atom. The first kappa shape index (κ1) is 14.4. The van der Waals surface area contributed by atoms with Gasteiger partial charge in [-0.05, 0) is 28.1 Å². The Morgan fingerprint density at radius 3 is 2.89 bits per heavy atom. The molecule has 1 aliphatic heterocycles. The zero-order valence-electron chi connectivity index (χ0n) is 12.5. The topological polar surface area (TPSA) is 49.2 Å². The quantitative estimate of drug-likeness (QED) is 0.791. The van der Waals surface area contributed by atoms with Crippen LogP contribution in [0.25, 0.3) is 0 Å². The first-order chi connectivity index (χ1) is 9.15. The Balaban J connectivity index is 2.06. The van der Waals surface area contributed by atoms with Crippen LogP contribution in [0.1, 0.15) is 12.7 Å². The van der Waals surface area contributed by atoms with Gasteiger partial charge in [0, 0.05) is 44.7 Å². The Hall–Kier alpha value is -0.980. The Morgan fingerprint density at radius 2 is 2.21 bits per heavy atom. The third-order valence-corrected chi connectivity index (χ3v) is 4.13. The normalized spacial score (nSPS) is 23.7. The minimum Gasteiger partial charge on any atom is -0.315 e. The van der Waals surface area contributed by atoms with Crippen molar-refractivity contribution < 1.29 is 0 Å².